The number of hydrogen-bond acceptors (Lipinski definition) is 1. The van der Waals surface area contributed by atoms with Gasteiger partial charge in [0.25, 0.3) is 0 Å². The lowest BCUT2D eigenvalue weighted by atomic mass is 10.2. The summed E-state index contributed by atoms with van der Waals surface area (Å²) >= 11 is 0. The quantitative estimate of drug-likeness (QED) is 0.543. The number of aliphatic hydroxyl groups is 1. The smallest absolute Gasteiger partial charge is 0.0597 e. The Morgan fingerprint density at radius 3 is 3.17 bits per heavy atom. The molecule has 0 radical (unpaired) electrons. The highest BCUT2D eigenvalue weighted by Crippen LogP contribution is 1.91. The maximum Gasteiger partial charge on any atom is 0.0597 e. The Labute approximate surface area is 46.0 Å². The van der Waals surface area contributed by atoms with Crippen LogP contribution in [0.1, 0.15) is 33.4 Å². The molecule has 0 fully saturated rings. The molecule has 0 bridgehead atoms. The number of rotatable bonds is 2. The van der Waals surface area contributed by atoms with Gasteiger partial charge >= 0.3 is 0 Å². The molecule has 2 unspecified atom stereocenters. The fourth-order valence-corrected chi connectivity index (χ4v) is 0.193. The van der Waals surface area contributed by atoms with Crippen LogP contribution in [0.3, 0.4) is 0 Å². The van der Waals surface area contributed by atoms with Crippen LogP contribution < -0.4 is 0 Å². The van der Waals surface area contributed by atoms with E-state index in [0.717, 1.165) is 0 Å². The largest absolute Gasteiger partial charge is 0.393 e. The summed E-state index contributed by atoms with van der Waals surface area (Å²) < 4.78 is 34.3. The first-order valence-electron chi connectivity index (χ1n) is 4.45. The molecule has 0 spiro atoms. The second-order valence-electron chi connectivity index (χ2n) is 0.998. The maximum absolute atomic E-state index is 9.04. The van der Waals surface area contributed by atoms with Gasteiger partial charge in [-0.25, -0.2) is 0 Å². The molecule has 2 atom stereocenters. The highest BCUT2D eigenvalue weighted by Gasteiger charge is 1.87. The Balaban J connectivity index is 4.45. The minimum atomic E-state index is -2.80. The molecular weight excluding hydrogens is 76.1 g/mol. The monoisotopic (exact) mass is 93.1 g/mol. The molecule has 0 rings (SSSR count). The van der Waals surface area contributed by atoms with Crippen LogP contribution in [-0.4, -0.2) is 11.2 Å². The minimum Gasteiger partial charge on any atom is -0.393 e. The summed E-state index contributed by atoms with van der Waals surface area (Å²) in [6.45, 7) is -1.24. The van der Waals surface area contributed by atoms with Crippen molar-refractivity contribution >= 4 is 0 Å². The first kappa shape index (κ1) is 1.48. The van der Waals surface area contributed by atoms with Crippen LogP contribution in [0.15, 0.2) is 0 Å². The lowest BCUT2D eigenvalue weighted by Gasteiger charge is -1.95. The van der Waals surface area contributed by atoms with Crippen LogP contribution in [0, 0.1) is 0 Å². The second kappa shape index (κ2) is 3.16. The summed E-state index contributed by atoms with van der Waals surface area (Å²) in [5.74, 6) is 0. The highest BCUT2D eigenvalue weighted by molar-refractivity contribution is 4.40. The lowest BCUT2D eigenvalue weighted by Crippen LogP contribution is -1.95. The van der Waals surface area contributed by atoms with Gasteiger partial charge in [-0.2, -0.15) is 0 Å². The zero-order valence-electron chi connectivity index (χ0n) is 8.73. The van der Waals surface area contributed by atoms with Crippen molar-refractivity contribution < 1.29 is 12.0 Å². The third kappa shape index (κ3) is 3.96. The molecule has 1 heteroatoms. The minimum absolute atomic E-state index is 0.151. The molecule has 0 aromatic carbocycles. The third-order valence-electron chi connectivity index (χ3n) is 0.397. The van der Waals surface area contributed by atoms with E-state index in [0.29, 0.717) is 0 Å². The van der Waals surface area contributed by atoms with Crippen molar-refractivity contribution in [3.8, 4) is 0 Å². The van der Waals surface area contributed by atoms with Gasteiger partial charge in [0.1, 0.15) is 0 Å². The van der Waals surface area contributed by atoms with Gasteiger partial charge in [-0.15, -0.1) is 0 Å². The molecule has 0 aromatic heterocycles. The zero-order chi connectivity index (χ0) is 9.28. The van der Waals surface area contributed by atoms with Crippen molar-refractivity contribution in [1.29, 1.82) is 0 Å². The van der Waals surface area contributed by atoms with Crippen LogP contribution in [0.2, 0.25) is 0 Å². The maximum atomic E-state index is 9.04. The summed E-state index contributed by atoms with van der Waals surface area (Å²) in [5.41, 5.74) is 0. The van der Waals surface area contributed by atoms with Gasteiger partial charge in [-0.1, -0.05) is 13.3 Å². The van der Waals surface area contributed by atoms with Gasteiger partial charge in [0.15, 0.2) is 0 Å². The van der Waals surface area contributed by atoms with Crippen molar-refractivity contribution in [3.63, 3.8) is 0 Å². The molecule has 0 amide bonds. The third-order valence-corrected chi connectivity index (χ3v) is 0.397. The average Bonchev–Trinajstić information content (AvgIpc) is 1.83. The second-order valence-corrected chi connectivity index (χ2v) is 0.998. The Morgan fingerprint density at radius 2 is 3.00 bits per heavy atom. The first-order chi connectivity index (χ1) is 4.73. The van der Waals surface area contributed by atoms with E-state index in [9.17, 15) is 0 Å². The van der Waals surface area contributed by atoms with Gasteiger partial charge in [0, 0.05) is 5.48 Å². The molecule has 0 aliphatic heterocycles. The molecule has 6 heavy (non-hydrogen) atoms. The van der Waals surface area contributed by atoms with Gasteiger partial charge in [0.05, 0.1) is 7.45 Å². The standard InChI is InChI=1S/C5H12O/c1-3-4-5(2)6/h5-6H,3-4H2,1-2H3/i2D3,4D,5D. The van der Waals surface area contributed by atoms with Crippen molar-refractivity contribution in [2.75, 3.05) is 0 Å². The van der Waals surface area contributed by atoms with E-state index in [-0.39, 0.29) is 6.42 Å². The molecule has 0 aliphatic carbocycles. The normalized spacial score (nSPS) is 39.3. The molecule has 0 heterocycles. The van der Waals surface area contributed by atoms with Crippen LogP contribution in [-0.2, 0) is 0 Å². The SMILES string of the molecule is [2H]C(CC)C([2H])(O)C([2H])([2H])[2H]. The highest BCUT2D eigenvalue weighted by atomic mass is 16.3. The summed E-state index contributed by atoms with van der Waals surface area (Å²) in [7, 11) is 0. The van der Waals surface area contributed by atoms with Crippen molar-refractivity contribution in [1.82, 2.24) is 0 Å². The topological polar surface area (TPSA) is 20.2 Å². The zero-order valence-corrected chi connectivity index (χ0v) is 3.73. The fraction of sp³-hybridized carbons (Fsp3) is 1.00. The van der Waals surface area contributed by atoms with Crippen LogP contribution in [0.25, 0.3) is 0 Å². The molecule has 0 saturated carbocycles. The van der Waals surface area contributed by atoms with E-state index < -0.39 is 19.3 Å². The van der Waals surface area contributed by atoms with E-state index in [1.807, 2.05) is 0 Å². The van der Waals surface area contributed by atoms with Crippen LogP contribution in [0.5, 0.6) is 0 Å². The van der Waals surface area contributed by atoms with Gasteiger partial charge < -0.3 is 5.11 Å². The van der Waals surface area contributed by atoms with Crippen molar-refractivity contribution in [3.05, 3.63) is 0 Å². The molecule has 0 aromatic rings. The lowest BCUT2D eigenvalue weighted by molar-refractivity contribution is 0.183. The predicted molar refractivity (Wildman–Crippen MR) is 26.6 cm³/mol. The van der Waals surface area contributed by atoms with Gasteiger partial charge in [-0.05, 0) is 13.2 Å². The van der Waals surface area contributed by atoms with E-state index >= 15 is 0 Å². The molecule has 1 nitrogen and oxygen atoms in total. The van der Waals surface area contributed by atoms with E-state index in [4.69, 9.17) is 12.0 Å². The fourth-order valence-electron chi connectivity index (χ4n) is 0.193. The molecule has 38 valence electrons. The van der Waals surface area contributed by atoms with Crippen molar-refractivity contribution in [2.45, 2.75) is 32.7 Å². The average molecular weight is 93.2 g/mol. The summed E-state index contributed by atoms with van der Waals surface area (Å²) in [4.78, 5) is 0. The van der Waals surface area contributed by atoms with Crippen LogP contribution in [0.4, 0.5) is 0 Å². The summed E-state index contributed by atoms with van der Waals surface area (Å²) in [6, 6.07) is 0. The summed E-state index contributed by atoms with van der Waals surface area (Å²) in [6.07, 6.45) is -3.77. The molecular formula is C5H12O. The van der Waals surface area contributed by atoms with Crippen LogP contribution >= 0.6 is 0 Å². The Bertz CT molecular complexity index is 129. The molecule has 1 N–H and O–H groups in total. The Hall–Kier alpha value is -0.0400. The van der Waals surface area contributed by atoms with Gasteiger partial charge in [0.2, 0.25) is 0 Å². The Morgan fingerprint density at radius 1 is 2.33 bits per heavy atom. The Kier molecular flexibility index (Phi) is 0.779. The van der Waals surface area contributed by atoms with Crippen molar-refractivity contribution in [2.24, 2.45) is 0 Å². The number of hydrogen-bond donors (Lipinski definition) is 1. The molecule has 0 aliphatic rings. The molecule has 0 saturated heterocycles. The van der Waals surface area contributed by atoms with Gasteiger partial charge in [-0.3, -0.25) is 0 Å². The van der Waals surface area contributed by atoms with E-state index in [2.05, 4.69) is 0 Å². The van der Waals surface area contributed by atoms with E-state index in [1.54, 1.807) is 6.92 Å². The first-order valence-corrected chi connectivity index (χ1v) is 1.88. The predicted octanol–water partition coefficient (Wildman–Crippen LogP) is 1.17. The summed E-state index contributed by atoms with van der Waals surface area (Å²) in [5, 5.41) is 9.04. The van der Waals surface area contributed by atoms with E-state index in [1.165, 1.54) is 0 Å².